The van der Waals surface area contributed by atoms with E-state index in [1.807, 2.05) is 41.5 Å². The van der Waals surface area contributed by atoms with Crippen LogP contribution in [-0.2, 0) is 9.47 Å². The standard InChI is InChI=1S/C22H44N2O4S/c1-15(2)11-17(23-19(25)27-21(5,6)7)13-29-14-18(12-16(3)4)24-20(26)28-22(8,9)10/h15-18H,11-14H2,1-10H3,(H,23,25)(H,24,26)/t17-,18-/m0/s1. The molecule has 0 unspecified atom stereocenters. The van der Waals surface area contributed by atoms with Crippen molar-refractivity contribution in [3.05, 3.63) is 0 Å². The van der Waals surface area contributed by atoms with Crippen molar-refractivity contribution < 1.29 is 19.1 Å². The fraction of sp³-hybridized carbons (Fsp3) is 0.909. The molecule has 0 bridgehead atoms. The number of nitrogens with one attached hydrogen (secondary N) is 2. The van der Waals surface area contributed by atoms with Gasteiger partial charge in [-0.25, -0.2) is 9.59 Å². The van der Waals surface area contributed by atoms with Crippen molar-refractivity contribution >= 4 is 23.9 Å². The minimum atomic E-state index is -0.515. The molecule has 2 atom stereocenters. The third-order valence-corrected chi connectivity index (χ3v) is 4.87. The molecule has 0 aliphatic heterocycles. The molecule has 0 saturated heterocycles. The van der Waals surface area contributed by atoms with Crippen molar-refractivity contribution in [1.29, 1.82) is 0 Å². The molecule has 2 N–H and O–H groups in total. The predicted octanol–water partition coefficient (Wildman–Crippen LogP) is 5.60. The summed E-state index contributed by atoms with van der Waals surface area (Å²) in [4.78, 5) is 24.3. The molecule has 0 aromatic rings. The van der Waals surface area contributed by atoms with E-state index in [1.54, 1.807) is 11.8 Å². The minimum Gasteiger partial charge on any atom is -0.444 e. The molecule has 0 rings (SSSR count). The third-order valence-electron chi connectivity index (χ3n) is 3.59. The van der Waals surface area contributed by atoms with E-state index in [2.05, 4.69) is 38.3 Å². The van der Waals surface area contributed by atoms with Gasteiger partial charge in [-0.05, 0) is 66.2 Å². The molecule has 6 nitrogen and oxygen atoms in total. The second-order valence-electron chi connectivity index (χ2n) is 10.5. The van der Waals surface area contributed by atoms with Crippen LogP contribution in [-0.4, -0.2) is 47.0 Å². The highest BCUT2D eigenvalue weighted by Crippen LogP contribution is 2.17. The summed E-state index contributed by atoms with van der Waals surface area (Å²) < 4.78 is 10.8. The van der Waals surface area contributed by atoms with E-state index in [-0.39, 0.29) is 24.3 Å². The number of alkyl carbamates (subject to hydrolysis) is 2. The van der Waals surface area contributed by atoms with Gasteiger partial charge < -0.3 is 20.1 Å². The molecule has 0 radical (unpaired) electrons. The second kappa shape index (κ2) is 12.6. The van der Waals surface area contributed by atoms with Crippen molar-refractivity contribution in [1.82, 2.24) is 10.6 Å². The van der Waals surface area contributed by atoms with Crippen LogP contribution in [0.3, 0.4) is 0 Å². The van der Waals surface area contributed by atoms with Crippen LogP contribution in [0.5, 0.6) is 0 Å². The van der Waals surface area contributed by atoms with E-state index in [0.29, 0.717) is 11.8 Å². The molecule has 0 aliphatic carbocycles. The summed E-state index contributed by atoms with van der Waals surface area (Å²) in [5, 5.41) is 5.99. The number of carbonyl (C=O) groups excluding carboxylic acids is 2. The van der Waals surface area contributed by atoms with Crippen molar-refractivity contribution in [3.63, 3.8) is 0 Å². The highest BCUT2D eigenvalue weighted by molar-refractivity contribution is 7.99. The van der Waals surface area contributed by atoms with Crippen LogP contribution in [0.2, 0.25) is 0 Å². The monoisotopic (exact) mass is 432 g/mol. The van der Waals surface area contributed by atoms with Gasteiger partial charge in [-0.1, -0.05) is 27.7 Å². The minimum absolute atomic E-state index is 0.0241. The molecule has 0 aliphatic rings. The fourth-order valence-electron chi connectivity index (χ4n) is 2.78. The van der Waals surface area contributed by atoms with Crippen LogP contribution in [0.4, 0.5) is 9.59 Å². The van der Waals surface area contributed by atoms with Crippen LogP contribution >= 0.6 is 11.8 Å². The van der Waals surface area contributed by atoms with Crippen LogP contribution < -0.4 is 10.6 Å². The Bertz CT molecular complexity index is 452. The zero-order valence-electron chi connectivity index (χ0n) is 20.2. The number of carbonyl (C=O) groups is 2. The second-order valence-corrected chi connectivity index (χ2v) is 11.6. The smallest absolute Gasteiger partial charge is 0.407 e. The topological polar surface area (TPSA) is 76.7 Å². The van der Waals surface area contributed by atoms with Crippen LogP contribution in [0.1, 0.15) is 82.1 Å². The van der Waals surface area contributed by atoms with Crippen LogP contribution in [0, 0.1) is 11.8 Å². The first-order chi connectivity index (χ1) is 13.1. The molecular weight excluding hydrogens is 388 g/mol. The first kappa shape index (κ1) is 27.9. The molecule has 2 amide bonds. The van der Waals surface area contributed by atoms with Gasteiger partial charge in [0.15, 0.2) is 0 Å². The molecule has 0 heterocycles. The maximum atomic E-state index is 12.2. The lowest BCUT2D eigenvalue weighted by molar-refractivity contribution is 0.0494. The highest BCUT2D eigenvalue weighted by atomic mass is 32.2. The Kier molecular flexibility index (Phi) is 12.1. The van der Waals surface area contributed by atoms with Crippen molar-refractivity contribution in [2.45, 2.75) is 105 Å². The van der Waals surface area contributed by atoms with Gasteiger partial charge in [-0.2, -0.15) is 11.8 Å². The quantitative estimate of drug-likeness (QED) is 0.470. The summed E-state index contributed by atoms with van der Waals surface area (Å²) in [6.07, 6.45) is 0.991. The van der Waals surface area contributed by atoms with Gasteiger partial charge in [0.1, 0.15) is 11.2 Å². The van der Waals surface area contributed by atoms with Crippen molar-refractivity contribution in [2.75, 3.05) is 11.5 Å². The molecule has 0 aromatic carbocycles. The lowest BCUT2D eigenvalue weighted by Gasteiger charge is -2.26. The Hall–Kier alpha value is -1.11. The van der Waals surface area contributed by atoms with Gasteiger partial charge in [-0.15, -0.1) is 0 Å². The van der Waals surface area contributed by atoms with Crippen LogP contribution in [0.15, 0.2) is 0 Å². The summed E-state index contributed by atoms with van der Waals surface area (Å²) in [6, 6.07) is 0.0483. The van der Waals surface area contributed by atoms with Gasteiger partial charge in [0, 0.05) is 23.6 Å². The first-order valence-corrected chi connectivity index (χ1v) is 11.8. The SMILES string of the molecule is CC(C)C[C@@H](CSC[C@H](CC(C)C)NC(=O)OC(C)(C)C)NC(=O)OC(C)(C)C. The lowest BCUT2D eigenvalue weighted by Crippen LogP contribution is -2.43. The first-order valence-electron chi connectivity index (χ1n) is 10.6. The molecule has 7 heteroatoms. The van der Waals surface area contributed by atoms with E-state index in [0.717, 1.165) is 24.3 Å². The molecule has 0 fully saturated rings. The fourth-order valence-corrected chi connectivity index (χ4v) is 3.92. The maximum Gasteiger partial charge on any atom is 0.407 e. The molecule has 0 saturated carbocycles. The van der Waals surface area contributed by atoms with Gasteiger partial charge in [0.05, 0.1) is 0 Å². The number of ether oxygens (including phenoxy) is 2. The summed E-state index contributed by atoms with van der Waals surface area (Å²) in [7, 11) is 0. The Labute approximate surface area is 182 Å². The predicted molar refractivity (Wildman–Crippen MR) is 123 cm³/mol. The number of rotatable bonds is 10. The van der Waals surface area contributed by atoms with Gasteiger partial charge >= 0.3 is 12.2 Å². The number of thioether (sulfide) groups is 1. The van der Waals surface area contributed by atoms with Gasteiger partial charge in [0.2, 0.25) is 0 Å². The summed E-state index contributed by atoms with van der Waals surface area (Å²) in [6.45, 7) is 19.7. The zero-order chi connectivity index (χ0) is 22.8. The summed E-state index contributed by atoms with van der Waals surface area (Å²) in [5.41, 5.74) is -1.03. The van der Waals surface area contributed by atoms with Crippen molar-refractivity contribution in [3.8, 4) is 0 Å². The number of amides is 2. The van der Waals surface area contributed by atoms with E-state index in [4.69, 9.17) is 9.47 Å². The largest absolute Gasteiger partial charge is 0.444 e. The third kappa shape index (κ3) is 17.5. The zero-order valence-corrected chi connectivity index (χ0v) is 21.0. The van der Waals surface area contributed by atoms with Crippen molar-refractivity contribution in [2.24, 2.45) is 11.8 Å². The van der Waals surface area contributed by atoms with Gasteiger partial charge in [0.25, 0.3) is 0 Å². The van der Waals surface area contributed by atoms with E-state index in [1.165, 1.54) is 0 Å². The van der Waals surface area contributed by atoms with E-state index < -0.39 is 11.2 Å². The average Bonchev–Trinajstić information content (AvgIpc) is 2.40. The normalized spacial score (nSPS) is 14.5. The summed E-state index contributed by atoms with van der Waals surface area (Å²) in [5.74, 6) is 2.45. The molecule has 0 spiro atoms. The molecule has 172 valence electrons. The lowest BCUT2D eigenvalue weighted by atomic mass is 10.1. The maximum absolute atomic E-state index is 12.2. The molecule has 0 aromatic heterocycles. The number of hydrogen-bond acceptors (Lipinski definition) is 5. The Morgan fingerprint density at radius 2 is 1.03 bits per heavy atom. The van der Waals surface area contributed by atoms with Gasteiger partial charge in [-0.3, -0.25) is 0 Å². The highest BCUT2D eigenvalue weighted by Gasteiger charge is 2.23. The Morgan fingerprint density at radius 1 is 0.724 bits per heavy atom. The molecular formula is C22H44N2O4S. The van der Waals surface area contributed by atoms with Crippen LogP contribution in [0.25, 0.3) is 0 Å². The Balaban J connectivity index is 4.75. The molecule has 29 heavy (non-hydrogen) atoms. The average molecular weight is 433 g/mol. The van der Waals surface area contributed by atoms with E-state index in [9.17, 15) is 9.59 Å². The number of hydrogen-bond donors (Lipinski definition) is 2. The van der Waals surface area contributed by atoms with E-state index >= 15 is 0 Å². The summed E-state index contributed by atoms with van der Waals surface area (Å²) >= 11 is 1.73. The Morgan fingerprint density at radius 3 is 1.28 bits per heavy atom.